The van der Waals surface area contributed by atoms with Crippen LogP contribution in [0.4, 0.5) is 62.6 Å². The number of fused-ring (bicyclic) bond motifs is 1. The molecule has 3 N–H and O–H groups in total. The van der Waals surface area contributed by atoms with Crippen LogP contribution in [0.3, 0.4) is 0 Å². The molecule has 7 aromatic rings. The molecule has 1 amide bonds. The summed E-state index contributed by atoms with van der Waals surface area (Å²) in [5.74, 6) is -1.13. The number of anilines is 1. The molecule has 7 aromatic carbocycles. The van der Waals surface area contributed by atoms with Gasteiger partial charge in [0.2, 0.25) is 17.8 Å². The zero-order valence-electron chi connectivity index (χ0n) is 40.1. The van der Waals surface area contributed by atoms with Crippen LogP contribution < -0.4 is 9.48 Å². The molecule has 0 aliphatic heterocycles. The minimum absolute atomic E-state index is 0.00356. The first-order valence-corrected chi connectivity index (χ1v) is 25.1. The van der Waals surface area contributed by atoms with E-state index in [2.05, 4.69) is 40.9 Å². The molecule has 0 fully saturated rings. The second-order valence-corrected chi connectivity index (χ2v) is 17.9. The number of phenols is 1. The Morgan fingerprint density at radius 3 is 1.57 bits per heavy atom. The van der Waals surface area contributed by atoms with Crippen LogP contribution in [0.2, 0.25) is 0 Å². The summed E-state index contributed by atoms with van der Waals surface area (Å²) in [6, 6.07) is 34.8. The SMILES string of the molecule is Cc1cc(N=Nc2cc(C)c(N=Nc3ccc4cc([N+](=C=O)c5ccc(N(C=O)CCC(=O)O)cc5)ccc4c3O)cc2C)ccc1N=Nc1ccc(N=Nc2ccccc2S(=O)(=O)O)c(C)c1.O=S(=O)=O.O=S(=O)=O. The molecule has 0 saturated heterocycles. The molecule has 27 heteroatoms. The predicted octanol–water partition coefficient (Wildman–Crippen LogP) is 11.3. The van der Waals surface area contributed by atoms with Crippen molar-refractivity contribution in [2.75, 3.05) is 11.4 Å². The third-order valence-corrected chi connectivity index (χ3v) is 11.4. The van der Waals surface area contributed by atoms with Crippen molar-refractivity contribution in [3.63, 3.8) is 0 Å². The molecular formula is C49H41N10O14S3+. The molecule has 0 saturated carbocycles. The molecule has 7 rings (SSSR count). The van der Waals surface area contributed by atoms with E-state index in [1.807, 2.05) is 52.0 Å². The van der Waals surface area contributed by atoms with E-state index in [0.29, 0.717) is 68.4 Å². The number of aromatic hydroxyl groups is 1. The molecule has 0 aliphatic carbocycles. The third kappa shape index (κ3) is 16.2. The lowest BCUT2D eigenvalue weighted by Crippen LogP contribution is -2.24. The van der Waals surface area contributed by atoms with Crippen molar-refractivity contribution in [2.45, 2.75) is 39.0 Å². The normalized spacial score (nSPS) is 11.2. The fraction of sp³-hybridized carbons (Fsp3) is 0.122. The van der Waals surface area contributed by atoms with E-state index in [-0.39, 0.29) is 35.0 Å². The average molecular weight is 1090 g/mol. The summed E-state index contributed by atoms with van der Waals surface area (Å²) in [5, 5.41) is 56.0. The van der Waals surface area contributed by atoms with E-state index < -0.39 is 37.3 Å². The quantitative estimate of drug-likeness (QED) is 0.0202. The summed E-state index contributed by atoms with van der Waals surface area (Å²) in [6.45, 7) is 7.43. The molecule has 0 atom stereocenters. The topological polar surface area (TPSA) is 354 Å². The first-order chi connectivity index (χ1) is 36.1. The van der Waals surface area contributed by atoms with Crippen molar-refractivity contribution in [1.82, 2.24) is 4.58 Å². The highest BCUT2D eigenvalue weighted by Gasteiger charge is 2.19. The van der Waals surface area contributed by atoms with E-state index in [9.17, 15) is 32.5 Å². The lowest BCUT2D eigenvalue weighted by atomic mass is 10.1. The zero-order chi connectivity index (χ0) is 55.7. The first-order valence-electron chi connectivity index (χ1n) is 21.7. The number of amides is 1. The van der Waals surface area contributed by atoms with E-state index in [1.165, 1.54) is 27.7 Å². The Balaban J connectivity index is 0.00000124. The van der Waals surface area contributed by atoms with Gasteiger partial charge in [0, 0.05) is 41.9 Å². The van der Waals surface area contributed by atoms with Crippen LogP contribution in [0, 0.1) is 27.7 Å². The number of benzene rings is 7. The van der Waals surface area contributed by atoms with Gasteiger partial charge in [-0.05, 0) is 140 Å². The van der Waals surface area contributed by atoms with Crippen molar-refractivity contribution < 1.29 is 62.8 Å². The number of azo groups is 4. The Hall–Kier alpha value is -9.53. The number of aryl methyl sites for hydroxylation is 4. The molecule has 0 aromatic heterocycles. The number of aliphatic carboxylic acids is 1. The smallest absolute Gasteiger partial charge is 0.437 e. The standard InChI is InChI=1S/C49H40N10O8S.2O3S/c1-30-23-36(10-19-41(30)52-50-35-11-20-42(31(2)24-35)53-54-43-7-5-6-8-47(43)68(65,66)67)51-56-45-25-33(4)46(26-32(45)3)57-55-44-18-9-34-27-39(16-17-40(34)49(44)64)59(29-61)38-14-12-37(13-15-38)58(28-60)22-21-48(62)63;2*1-4(2)3/h5-20,23-28H,21-22H2,1-4H3,(H2-,50,51,54,57,62,63,64,65,66,67);;/p+1. The lowest BCUT2D eigenvalue weighted by Gasteiger charge is -2.16. The van der Waals surface area contributed by atoms with Gasteiger partial charge in [0.25, 0.3) is 10.1 Å². The Morgan fingerprint density at radius 1 is 0.592 bits per heavy atom. The summed E-state index contributed by atoms with van der Waals surface area (Å²) in [5.41, 5.74) is 8.22. The maximum absolute atomic E-state index is 12.1. The number of hydrogen-bond donors (Lipinski definition) is 3. The minimum Gasteiger partial charge on any atom is -0.505 e. The van der Waals surface area contributed by atoms with Gasteiger partial charge in [-0.3, -0.25) is 14.1 Å². The number of hydrogen-bond acceptors (Lipinski definition) is 20. The van der Waals surface area contributed by atoms with Crippen molar-refractivity contribution in [3.8, 4) is 5.75 Å². The summed E-state index contributed by atoms with van der Waals surface area (Å²) in [6.07, 6.45) is 2.24. The second-order valence-electron chi connectivity index (χ2n) is 15.7. The Morgan fingerprint density at radius 2 is 1.05 bits per heavy atom. The number of phenolic OH excluding ortho intramolecular Hbond substituents is 1. The van der Waals surface area contributed by atoms with Gasteiger partial charge >= 0.3 is 33.3 Å². The van der Waals surface area contributed by atoms with Crippen LogP contribution >= 0.6 is 0 Å². The summed E-state index contributed by atoms with van der Waals surface area (Å²) < 4.78 is 84.8. The van der Waals surface area contributed by atoms with Crippen LogP contribution in [0.5, 0.6) is 5.75 Å². The molecule has 0 heterocycles. The number of carboxylic acid groups (broad SMARTS) is 1. The van der Waals surface area contributed by atoms with Crippen molar-refractivity contribution in [2.24, 2.45) is 40.9 Å². The van der Waals surface area contributed by atoms with Gasteiger partial charge in [0.1, 0.15) is 16.3 Å². The van der Waals surface area contributed by atoms with Gasteiger partial charge in [-0.2, -0.15) is 43.9 Å². The molecule has 0 radical (unpaired) electrons. The molecule has 76 heavy (non-hydrogen) atoms. The number of rotatable bonds is 16. The van der Waals surface area contributed by atoms with Gasteiger partial charge in [-0.25, -0.2) is 0 Å². The molecule has 0 bridgehead atoms. The number of isocyanates is 1. The minimum atomic E-state index is -4.46. The average Bonchev–Trinajstić information content (AvgIpc) is 3.36. The van der Waals surface area contributed by atoms with Crippen molar-refractivity contribution in [3.05, 3.63) is 150 Å². The number of carbonyl (C=O) groups is 2. The third-order valence-electron chi connectivity index (χ3n) is 10.5. The molecule has 388 valence electrons. The van der Waals surface area contributed by atoms with Crippen LogP contribution in [0.15, 0.2) is 173 Å². The van der Waals surface area contributed by atoms with E-state index >= 15 is 0 Å². The zero-order valence-corrected chi connectivity index (χ0v) is 42.6. The number of carboxylic acids is 1. The molecule has 24 nitrogen and oxygen atoms in total. The molecular weight excluding hydrogens is 1050 g/mol. The fourth-order valence-electron chi connectivity index (χ4n) is 6.84. The lowest BCUT2D eigenvalue weighted by molar-refractivity contribution is -0.136. The van der Waals surface area contributed by atoms with Crippen molar-refractivity contribution >= 4 is 123 Å². The van der Waals surface area contributed by atoms with Crippen molar-refractivity contribution in [1.29, 1.82) is 0 Å². The Kier molecular flexibility index (Phi) is 20.0. The monoisotopic (exact) mass is 1090 g/mol. The summed E-state index contributed by atoms with van der Waals surface area (Å²) in [7, 11) is -10.7. The van der Waals surface area contributed by atoms with Crippen LogP contribution in [0.1, 0.15) is 28.7 Å². The predicted molar refractivity (Wildman–Crippen MR) is 275 cm³/mol. The second kappa shape index (κ2) is 26.4. The van der Waals surface area contributed by atoms with Crippen LogP contribution in [-0.4, -0.2) is 73.4 Å². The molecule has 0 spiro atoms. The highest BCUT2D eigenvalue weighted by atomic mass is 32.2. The van der Waals surface area contributed by atoms with E-state index in [1.54, 1.807) is 91.0 Å². The van der Waals surface area contributed by atoms with Crippen LogP contribution in [-0.2, 0) is 45.7 Å². The van der Waals surface area contributed by atoms with Gasteiger partial charge < -0.3 is 15.1 Å². The van der Waals surface area contributed by atoms with Gasteiger partial charge in [-0.1, -0.05) is 22.8 Å². The summed E-state index contributed by atoms with van der Waals surface area (Å²) in [4.78, 5) is 35.5. The fourth-order valence-corrected chi connectivity index (χ4v) is 7.47. The maximum Gasteiger partial charge on any atom is 0.437 e. The maximum atomic E-state index is 12.1. The first kappa shape index (κ1) is 57.4. The van der Waals surface area contributed by atoms with Gasteiger partial charge in [0.05, 0.1) is 40.5 Å². The highest BCUT2D eigenvalue weighted by molar-refractivity contribution is 7.86. The number of nitrogens with zero attached hydrogens (tertiary/aromatic N) is 10. The van der Waals surface area contributed by atoms with Crippen LogP contribution in [0.25, 0.3) is 10.8 Å². The number of carbonyl (C=O) groups excluding carboxylic acids is 2. The molecule has 0 aliphatic rings. The Labute approximate surface area is 435 Å². The highest BCUT2D eigenvalue weighted by Crippen LogP contribution is 2.39. The van der Waals surface area contributed by atoms with E-state index in [0.717, 1.165) is 22.3 Å². The largest absolute Gasteiger partial charge is 0.505 e. The summed E-state index contributed by atoms with van der Waals surface area (Å²) >= 11 is 0. The molecule has 0 unspecified atom stereocenters. The van der Waals surface area contributed by atoms with E-state index in [4.69, 9.17) is 30.4 Å². The Bertz CT molecular complexity index is 3870. The van der Waals surface area contributed by atoms with Gasteiger partial charge in [0.15, 0.2) is 5.75 Å². The van der Waals surface area contributed by atoms with Gasteiger partial charge in [-0.15, -0.1) is 35.5 Å².